The van der Waals surface area contributed by atoms with Crippen LogP contribution >= 0.6 is 0 Å². The molecular formula is C9H9N. The molecule has 0 atom stereocenters. The van der Waals surface area contributed by atoms with Crippen LogP contribution in [0.3, 0.4) is 0 Å². The van der Waals surface area contributed by atoms with Crippen LogP contribution in [-0.2, 0) is 0 Å². The zero-order chi connectivity index (χ0) is 7.40. The second kappa shape index (κ2) is 2.97. The first-order valence-corrected chi connectivity index (χ1v) is 3.09. The van der Waals surface area contributed by atoms with E-state index in [1.54, 1.807) is 12.2 Å². The van der Waals surface area contributed by atoms with Crippen molar-refractivity contribution < 1.29 is 0 Å². The second-order valence-corrected chi connectivity index (χ2v) is 1.90. The van der Waals surface area contributed by atoms with Crippen LogP contribution in [0.15, 0.2) is 31.4 Å². The monoisotopic (exact) mass is 131 g/mol. The lowest BCUT2D eigenvalue weighted by molar-refractivity contribution is 1.27. The third-order valence-electron chi connectivity index (χ3n) is 1.21. The summed E-state index contributed by atoms with van der Waals surface area (Å²) in [6, 6.07) is 5.74. The number of rotatable bonds is 2. The average molecular weight is 131 g/mol. The SMILES string of the molecule is C=Cc1cccc(C=C)n1. The summed E-state index contributed by atoms with van der Waals surface area (Å²) in [5, 5.41) is 0. The number of aromatic nitrogens is 1. The predicted octanol–water partition coefficient (Wildman–Crippen LogP) is 2.37. The van der Waals surface area contributed by atoms with Gasteiger partial charge < -0.3 is 0 Å². The highest BCUT2D eigenvalue weighted by atomic mass is 14.7. The molecule has 0 saturated heterocycles. The van der Waals surface area contributed by atoms with Crippen LogP contribution in [-0.4, -0.2) is 4.98 Å². The first-order valence-electron chi connectivity index (χ1n) is 3.09. The molecule has 0 aromatic carbocycles. The number of nitrogens with zero attached hydrogens (tertiary/aromatic N) is 1. The third-order valence-corrected chi connectivity index (χ3v) is 1.21. The topological polar surface area (TPSA) is 12.9 Å². The van der Waals surface area contributed by atoms with Crippen LogP contribution in [0.25, 0.3) is 12.2 Å². The van der Waals surface area contributed by atoms with E-state index in [-0.39, 0.29) is 0 Å². The summed E-state index contributed by atoms with van der Waals surface area (Å²) in [6.07, 6.45) is 3.43. The van der Waals surface area contributed by atoms with Crippen molar-refractivity contribution in [1.82, 2.24) is 4.98 Å². The molecule has 50 valence electrons. The Labute approximate surface area is 60.7 Å². The molecule has 0 N–H and O–H groups in total. The largest absolute Gasteiger partial charge is 0.249 e. The summed E-state index contributed by atoms with van der Waals surface area (Å²) in [4.78, 5) is 4.17. The summed E-state index contributed by atoms with van der Waals surface area (Å²) < 4.78 is 0. The van der Waals surface area contributed by atoms with Gasteiger partial charge in [-0.3, -0.25) is 0 Å². The van der Waals surface area contributed by atoms with E-state index < -0.39 is 0 Å². The molecule has 0 aliphatic rings. The quantitative estimate of drug-likeness (QED) is 0.600. The van der Waals surface area contributed by atoms with Crippen molar-refractivity contribution in [2.45, 2.75) is 0 Å². The summed E-state index contributed by atoms with van der Waals surface area (Å²) >= 11 is 0. The minimum Gasteiger partial charge on any atom is -0.249 e. The smallest absolute Gasteiger partial charge is 0.0631 e. The van der Waals surface area contributed by atoms with Gasteiger partial charge in [-0.2, -0.15) is 0 Å². The summed E-state index contributed by atoms with van der Waals surface area (Å²) in [6.45, 7) is 7.22. The molecule has 1 heterocycles. The second-order valence-electron chi connectivity index (χ2n) is 1.90. The van der Waals surface area contributed by atoms with Crippen molar-refractivity contribution in [2.24, 2.45) is 0 Å². The van der Waals surface area contributed by atoms with Gasteiger partial charge >= 0.3 is 0 Å². The Morgan fingerprint density at radius 1 is 1.10 bits per heavy atom. The van der Waals surface area contributed by atoms with Crippen molar-refractivity contribution >= 4 is 12.2 Å². The number of hydrogen-bond acceptors (Lipinski definition) is 1. The first-order chi connectivity index (χ1) is 4.86. The van der Waals surface area contributed by atoms with Crippen LogP contribution in [0, 0.1) is 0 Å². The Balaban J connectivity index is 3.09. The van der Waals surface area contributed by atoms with Gasteiger partial charge in [0, 0.05) is 0 Å². The summed E-state index contributed by atoms with van der Waals surface area (Å²) in [5.41, 5.74) is 1.77. The molecule has 1 nitrogen and oxygen atoms in total. The van der Waals surface area contributed by atoms with Crippen molar-refractivity contribution in [2.75, 3.05) is 0 Å². The van der Waals surface area contributed by atoms with Gasteiger partial charge in [0.05, 0.1) is 11.4 Å². The number of pyridine rings is 1. The van der Waals surface area contributed by atoms with E-state index in [2.05, 4.69) is 18.1 Å². The Morgan fingerprint density at radius 3 is 2.00 bits per heavy atom. The fraction of sp³-hybridized carbons (Fsp3) is 0. The van der Waals surface area contributed by atoms with Crippen LogP contribution in [0.4, 0.5) is 0 Å². The molecule has 1 aromatic rings. The van der Waals surface area contributed by atoms with E-state index in [0.717, 1.165) is 11.4 Å². The maximum atomic E-state index is 4.17. The highest BCUT2D eigenvalue weighted by Crippen LogP contribution is 2.00. The van der Waals surface area contributed by atoms with Gasteiger partial charge in [-0.15, -0.1) is 0 Å². The van der Waals surface area contributed by atoms with E-state index in [4.69, 9.17) is 0 Å². The van der Waals surface area contributed by atoms with E-state index in [1.807, 2.05) is 18.2 Å². The van der Waals surface area contributed by atoms with Gasteiger partial charge in [0.2, 0.25) is 0 Å². The zero-order valence-electron chi connectivity index (χ0n) is 5.75. The standard InChI is InChI=1S/C9H9N/c1-3-8-6-5-7-9(4-2)10-8/h3-7H,1-2H2. The van der Waals surface area contributed by atoms with Crippen molar-refractivity contribution in [1.29, 1.82) is 0 Å². The highest BCUT2D eigenvalue weighted by Gasteiger charge is 1.86. The molecule has 1 rings (SSSR count). The first kappa shape index (κ1) is 6.75. The van der Waals surface area contributed by atoms with E-state index >= 15 is 0 Å². The van der Waals surface area contributed by atoms with Gasteiger partial charge in [-0.05, 0) is 24.3 Å². The van der Waals surface area contributed by atoms with E-state index in [0.29, 0.717) is 0 Å². The Hall–Kier alpha value is -1.37. The molecule has 0 bridgehead atoms. The van der Waals surface area contributed by atoms with Gasteiger partial charge in [-0.25, -0.2) is 4.98 Å². The highest BCUT2D eigenvalue weighted by molar-refractivity contribution is 5.47. The zero-order valence-corrected chi connectivity index (χ0v) is 5.75. The molecule has 0 fully saturated rings. The minimum absolute atomic E-state index is 0.886. The summed E-state index contributed by atoms with van der Waals surface area (Å²) in [7, 11) is 0. The van der Waals surface area contributed by atoms with Gasteiger partial charge in [0.1, 0.15) is 0 Å². The fourth-order valence-corrected chi connectivity index (χ4v) is 0.696. The molecule has 0 aliphatic carbocycles. The molecule has 0 aliphatic heterocycles. The molecule has 1 aromatic heterocycles. The molecule has 10 heavy (non-hydrogen) atoms. The molecule has 0 spiro atoms. The molecule has 0 amide bonds. The van der Waals surface area contributed by atoms with E-state index in [1.165, 1.54) is 0 Å². The van der Waals surface area contributed by atoms with Crippen LogP contribution in [0.5, 0.6) is 0 Å². The van der Waals surface area contributed by atoms with Gasteiger partial charge in [-0.1, -0.05) is 19.2 Å². The maximum absolute atomic E-state index is 4.17. The van der Waals surface area contributed by atoms with Crippen LogP contribution in [0.1, 0.15) is 11.4 Å². The lowest BCUT2D eigenvalue weighted by Crippen LogP contribution is -1.82. The predicted molar refractivity (Wildman–Crippen MR) is 44.4 cm³/mol. The molecule has 1 heteroatoms. The average Bonchev–Trinajstić information content (AvgIpc) is 2.05. The van der Waals surface area contributed by atoms with Crippen LogP contribution < -0.4 is 0 Å². The van der Waals surface area contributed by atoms with Crippen molar-refractivity contribution in [3.05, 3.63) is 42.7 Å². The van der Waals surface area contributed by atoms with Gasteiger partial charge in [0.15, 0.2) is 0 Å². The Kier molecular flexibility index (Phi) is 2.00. The molecule has 0 unspecified atom stereocenters. The minimum atomic E-state index is 0.886. The lowest BCUT2D eigenvalue weighted by Gasteiger charge is -1.92. The van der Waals surface area contributed by atoms with Crippen molar-refractivity contribution in [3.63, 3.8) is 0 Å². The lowest BCUT2D eigenvalue weighted by atomic mass is 10.3. The summed E-state index contributed by atoms with van der Waals surface area (Å²) in [5.74, 6) is 0. The fourth-order valence-electron chi connectivity index (χ4n) is 0.696. The van der Waals surface area contributed by atoms with Crippen molar-refractivity contribution in [3.8, 4) is 0 Å². The third kappa shape index (κ3) is 1.32. The Morgan fingerprint density at radius 2 is 1.60 bits per heavy atom. The number of hydrogen-bond donors (Lipinski definition) is 0. The molecule has 0 radical (unpaired) electrons. The normalized spacial score (nSPS) is 8.80. The maximum Gasteiger partial charge on any atom is 0.0631 e. The Bertz CT molecular complexity index is 227. The van der Waals surface area contributed by atoms with Gasteiger partial charge in [0.25, 0.3) is 0 Å². The van der Waals surface area contributed by atoms with Crippen LogP contribution in [0.2, 0.25) is 0 Å². The molecular weight excluding hydrogens is 122 g/mol. The molecule has 0 saturated carbocycles. The van der Waals surface area contributed by atoms with E-state index in [9.17, 15) is 0 Å².